The zero-order chi connectivity index (χ0) is 14.1. The molecule has 1 heterocycles. The normalized spacial score (nSPS) is 36.0. The van der Waals surface area contributed by atoms with Crippen LogP contribution in [0.25, 0.3) is 0 Å². The molecule has 3 aliphatic rings. The summed E-state index contributed by atoms with van der Waals surface area (Å²) < 4.78 is 27.0. The maximum Gasteiger partial charge on any atom is 0.243 e. The predicted molar refractivity (Wildman–Crippen MR) is 73.6 cm³/mol. The lowest BCUT2D eigenvalue weighted by atomic mass is 9.89. The Kier molecular flexibility index (Phi) is 2.46. The van der Waals surface area contributed by atoms with E-state index in [0.717, 1.165) is 18.4 Å². The van der Waals surface area contributed by atoms with E-state index in [1.54, 1.807) is 24.3 Å². The van der Waals surface area contributed by atoms with Gasteiger partial charge in [0, 0.05) is 12.5 Å². The molecule has 2 aliphatic carbocycles. The number of aryl methyl sites for hydroxylation is 1. The van der Waals surface area contributed by atoms with Crippen LogP contribution in [-0.2, 0) is 14.8 Å². The molecule has 2 saturated carbocycles. The summed E-state index contributed by atoms with van der Waals surface area (Å²) in [5.74, 6) is 0.934. The van der Waals surface area contributed by atoms with E-state index in [2.05, 4.69) is 0 Å². The van der Waals surface area contributed by atoms with Crippen LogP contribution in [0, 0.1) is 24.7 Å². The molecule has 0 spiro atoms. The van der Waals surface area contributed by atoms with E-state index in [1.165, 1.54) is 4.31 Å². The lowest BCUT2D eigenvalue weighted by molar-refractivity contribution is -0.124. The Morgan fingerprint density at radius 3 is 2.50 bits per heavy atom. The number of fused-ring (bicyclic) bond motifs is 1. The number of ketones is 1. The van der Waals surface area contributed by atoms with Gasteiger partial charge in [0.05, 0.1) is 10.9 Å². The molecule has 20 heavy (non-hydrogen) atoms. The third kappa shape index (κ3) is 1.50. The van der Waals surface area contributed by atoms with Crippen molar-refractivity contribution in [1.29, 1.82) is 0 Å². The predicted octanol–water partition coefficient (Wildman–Crippen LogP) is 1.59. The second-order valence-electron chi connectivity index (χ2n) is 6.33. The highest BCUT2D eigenvalue weighted by atomic mass is 32.2. The first-order valence-corrected chi connectivity index (χ1v) is 8.55. The Morgan fingerprint density at radius 2 is 1.85 bits per heavy atom. The number of hydrogen-bond acceptors (Lipinski definition) is 3. The van der Waals surface area contributed by atoms with Gasteiger partial charge in [-0.05, 0) is 43.7 Å². The van der Waals surface area contributed by atoms with Crippen molar-refractivity contribution in [3.8, 4) is 0 Å². The smallest absolute Gasteiger partial charge is 0.243 e. The highest BCUT2D eigenvalue weighted by molar-refractivity contribution is 7.89. The van der Waals surface area contributed by atoms with Crippen LogP contribution in [0.5, 0.6) is 0 Å². The van der Waals surface area contributed by atoms with E-state index < -0.39 is 10.0 Å². The molecule has 3 fully saturated rings. The second kappa shape index (κ2) is 3.92. The molecule has 4 rings (SSSR count). The van der Waals surface area contributed by atoms with Crippen molar-refractivity contribution < 1.29 is 13.2 Å². The minimum Gasteiger partial charge on any atom is -0.298 e. The summed E-state index contributed by atoms with van der Waals surface area (Å²) in [7, 11) is -3.54. The van der Waals surface area contributed by atoms with E-state index in [0.29, 0.717) is 17.4 Å². The largest absolute Gasteiger partial charge is 0.298 e. The Labute approximate surface area is 118 Å². The molecule has 0 aromatic heterocycles. The fourth-order valence-electron chi connectivity index (χ4n) is 4.23. The summed E-state index contributed by atoms with van der Waals surface area (Å²) in [5, 5.41) is 0. The van der Waals surface area contributed by atoms with Crippen molar-refractivity contribution in [2.75, 3.05) is 6.54 Å². The highest BCUT2D eigenvalue weighted by Crippen LogP contribution is 2.54. The van der Waals surface area contributed by atoms with Crippen molar-refractivity contribution in [2.45, 2.75) is 30.7 Å². The van der Waals surface area contributed by atoms with E-state index in [4.69, 9.17) is 0 Å². The topological polar surface area (TPSA) is 54.5 Å². The number of rotatable bonds is 2. The van der Waals surface area contributed by atoms with Crippen LogP contribution >= 0.6 is 0 Å². The summed E-state index contributed by atoms with van der Waals surface area (Å²) in [6.07, 6.45) is 1.79. The fraction of sp³-hybridized carbons (Fsp3) is 0.533. The van der Waals surface area contributed by atoms with Gasteiger partial charge in [0.15, 0.2) is 5.78 Å². The van der Waals surface area contributed by atoms with Crippen LogP contribution in [0.4, 0.5) is 0 Å². The molecule has 0 amide bonds. The summed E-state index contributed by atoms with van der Waals surface area (Å²) in [6, 6.07) is 6.50. The number of carbonyl (C=O) groups is 1. The first kappa shape index (κ1) is 12.5. The number of hydrogen-bond donors (Lipinski definition) is 0. The van der Waals surface area contributed by atoms with Gasteiger partial charge in [0.2, 0.25) is 10.0 Å². The van der Waals surface area contributed by atoms with Crippen molar-refractivity contribution >= 4 is 15.8 Å². The molecule has 5 heteroatoms. The van der Waals surface area contributed by atoms with Gasteiger partial charge >= 0.3 is 0 Å². The Balaban J connectivity index is 1.74. The van der Waals surface area contributed by atoms with Crippen molar-refractivity contribution in [3.63, 3.8) is 0 Å². The molecule has 2 bridgehead atoms. The standard InChI is InChI=1S/C15H17NO3S/c1-9-2-4-12(5-3-9)20(18,19)16-8-11-6-10-7-13(11)14(16)15(10)17/h2-5,10-11,13-14H,6-8H2,1H3. The van der Waals surface area contributed by atoms with Crippen LogP contribution < -0.4 is 0 Å². The third-order valence-electron chi connectivity index (χ3n) is 5.20. The molecular weight excluding hydrogens is 274 g/mol. The van der Waals surface area contributed by atoms with Gasteiger partial charge in [0.25, 0.3) is 0 Å². The van der Waals surface area contributed by atoms with Gasteiger partial charge in [-0.15, -0.1) is 0 Å². The lowest BCUT2D eigenvalue weighted by Gasteiger charge is -2.23. The zero-order valence-corrected chi connectivity index (χ0v) is 12.1. The molecule has 0 N–H and O–H groups in total. The first-order chi connectivity index (χ1) is 9.48. The van der Waals surface area contributed by atoms with Gasteiger partial charge < -0.3 is 0 Å². The summed E-state index contributed by atoms with van der Waals surface area (Å²) in [5.41, 5.74) is 1.03. The Morgan fingerprint density at radius 1 is 1.15 bits per heavy atom. The number of nitrogens with zero attached hydrogens (tertiary/aromatic N) is 1. The average molecular weight is 291 g/mol. The summed E-state index contributed by atoms with van der Waals surface area (Å²) >= 11 is 0. The van der Waals surface area contributed by atoms with Crippen LogP contribution in [0.1, 0.15) is 18.4 Å². The fourth-order valence-corrected chi connectivity index (χ4v) is 5.93. The van der Waals surface area contributed by atoms with Crippen molar-refractivity contribution in [2.24, 2.45) is 17.8 Å². The average Bonchev–Trinajstić information content (AvgIpc) is 3.00. The van der Waals surface area contributed by atoms with Gasteiger partial charge in [0.1, 0.15) is 0 Å². The molecule has 1 saturated heterocycles. The maximum atomic E-state index is 12.8. The Hall–Kier alpha value is -1.20. The minimum absolute atomic E-state index is 0.119. The lowest BCUT2D eigenvalue weighted by Crippen LogP contribution is -2.41. The molecule has 1 aromatic rings. The van der Waals surface area contributed by atoms with Crippen LogP contribution in [-0.4, -0.2) is 31.1 Å². The van der Waals surface area contributed by atoms with E-state index in [-0.39, 0.29) is 23.7 Å². The summed E-state index contributed by atoms with van der Waals surface area (Å²) in [6.45, 7) is 2.45. The molecular formula is C15H17NO3S. The van der Waals surface area contributed by atoms with Gasteiger partial charge in [-0.25, -0.2) is 8.42 Å². The number of sulfonamides is 1. The van der Waals surface area contributed by atoms with Crippen molar-refractivity contribution in [1.82, 2.24) is 4.31 Å². The van der Waals surface area contributed by atoms with Gasteiger partial charge in [-0.2, -0.15) is 4.31 Å². The van der Waals surface area contributed by atoms with Gasteiger partial charge in [-0.3, -0.25) is 4.79 Å². The van der Waals surface area contributed by atoms with Crippen LogP contribution in [0.2, 0.25) is 0 Å². The quantitative estimate of drug-likeness (QED) is 0.831. The second-order valence-corrected chi connectivity index (χ2v) is 8.22. The Bertz CT molecular complexity index is 678. The number of Topliss-reactive ketones (excluding diaryl/α,β-unsaturated/α-hetero) is 1. The molecule has 4 unspecified atom stereocenters. The van der Waals surface area contributed by atoms with Gasteiger partial charge in [-0.1, -0.05) is 17.7 Å². The molecule has 1 aliphatic heterocycles. The maximum absolute atomic E-state index is 12.8. The molecule has 106 valence electrons. The van der Waals surface area contributed by atoms with E-state index in [1.807, 2.05) is 6.92 Å². The monoisotopic (exact) mass is 291 g/mol. The zero-order valence-electron chi connectivity index (χ0n) is 11.3. The van der Waals surface area contributed by atoms with E-state index in [9.17, 15) is 13.2 Å². The van der Waals surface area contributed by atoms with Crippen molar-refractivity contribution in [3.05, 3.63) is 29.8 Å². The molecule has 1 aromatic carbocycles. The van der Waals surface area contributed by atoms with Crippen LogP contribution in [0.15, 0.2) is 29.2 Å². The molecule has 4 atom stereocenters. The molecule has 4 nitrogen and oxygen atoms in total. The summed E-state index contributed by atoms with van der Waals surface area (Å²) in [4.78, 5) is 12.6. The first-order valence-electron chi connectivity index (χ1n) is 7.11. The van der Waals surface area contributed by atoms with Crippen LogP contribution in [0.3, 0.4) is 0 Å². The third-order valence-corrected chi connectivity index (χ3v) is 7.06. The van der Waals surface area contributed by atoms with E-state index >= 15 is 0 Å². The SMILES string of the molecule is Cc1ccc(S(=O)(=O)N2CC3CC4CC3C2C4=O)cc1. The molecule has 0 radical (unpaired) electrons. The number of carbonyl (C=O) groups excluding carboxylic acids is 1. The minimum atomic E-state index is -3.54. The highest BCUT2D eigenvalue weighted by Gasteiger charge is 2.61. The number of benzene rings is 1.